The Morgan fingerprint density at radius 3 is 2.67 bits per heavy atom. The second kappa shape index (κ2) is 5.53. The van der Waals surface area contributed by atoms with Crippen LogP contribution in [0.3, 0.4) is 0 Å². The van der Waals surface area contributed by atoms with E-state index in [2.05, 4.69) is 14.4 Å². The summed E-state index contributed by atoms with van der Waals surface area (Å²) in [7, 11) is -2.73. The summed E-state index contributed by atoms with van der Waals surface area (Å²) in [6.45, 7) is 2.93. The molecule has 0 aliphatic carbocycles. The van der Waals surface area contributed by atoms with Gasteiger partial charge in [-0.05, 0) is 25.5 Å². The molecule has 0 bridgehead atoms. The summed E-state index contributed by atoms with van der Waals surface area (Å²) in [6.07, 6.45) is 1.27. The maximum Gasteiger partial charge on any atom is 0.325 e. The van der Waals surface area contributed by atoms with Crippen molar-refractivity contribution in [2.45, 2.75) is 19.1 Å². The molecule has 6 nitrogen and oxygen atoms in total. The molecule has 1 N–H and O–H groups in total. The number of sulfonamides is 1. The van der Waals surface area contributed by atoms with E-state index < -0.39 is 21.2 Å². The Kier molecular flexibility index (Phi) is 4.53. The van der Waals surface area contributed by atoms with Gasteiger partial charge in [0.2, 0.25) is 10.0 Å². The first-order valence-electron chi connectivity index (χ1n) is 4.99. The van der Waals surface area contributed by atoms with Crippen molar-refractivity contribution in [3.05, 3.63) is 23.0 Å². The van der Waals surface area contributed by atoms with Crippen LogP contribution < -0.4 is 4.72 Å². The van der Waals surface area contributed by atoms with Crippen molar-refractivity contribution >= 4 is 33.3 Å². The second-order valence-corrected chi connectivity index (χ2v) is 6.00. The fourth-order valence-electron chi connectivity index (χ4n) is 1.16. The van der Waals surface area contributed by atoms with E-state index in [4.69, 9.17) is 11.6 Å². The molecular formula is C10H13ClN2O4S. The van der Waals surface area contributed by atoms with Crippen molar-refractivity contribution in [2.24, 2.45) is 0 Å². The summed E-state index contributed by atoms with van der Waals surface area (Å²) >= 11 is 5.72. The molecule has 1 rings (SSSR count). The van der Waals surface area contributed by atoms with Gasteiger partial charge in [0.1, 0.15) is 5.15 Å². The van der Waals surface area contributed by atoms with Crippen LogP contribution in [0, 0.1) is 6.92 Å². The Hall–Kier alpha value is -1.34. The van der Waals surface area contributed by atoms with Crippen LogP contribution in [0.5, 0.6) is 0 Å². The number of ether oxygens (including phenoxy) is 1. The third-order valence-corrected chi connectivity index (χ3v) is 4.31. The van der Waals surface area contributed by atoms with Gasteiger partial charge in [-0.3, -0.25) is 9.52 Å². The van der Waals surface area contributed by atoms with Crippen LogP contribution >= 0.6 is 11.6 Å². The van der Waals surface area contributed by atoms with E-state index >= 15 is 0 Å². The monoisotopic (exact) mass is 292 g/mol. The highest BCUT2D eigenvalue weighted by Gasteiger charge is 2.28. The molecule has 0 spiro atoms. The van der Waals surface area contributed by atoms with Crippen LogP contribution in [0.4, 0.5) is 5.69 Å². The third-order valence-electron chi connectivity index (χ3n) is 2.27. The number of carbonyl (C=O) groups excluding carboxylic acids is 1. The molecule has 0 fully saturated rings. The zero-order valence-electron chi connectivity index (χ0n) is 10.1. The van der Waals surface area contributed by atoms with Crippen molar-refractivity contribution in [3.8, 4) is 0 Å². The van der Waals surface area contributed by atoms with Gasteiger partial charge in [0.25, 0.3) is 0 Å². The highest BCUT2D eigenvalue weighted by Crippen LogP contribution is 2.18. The lowest BCUT2D eigenvalue weighted by Gasteiger charge is -2.13. The Balaban J connectivity index is 2.95. The fourth-order valence-corrected chi connectivity index (χ4v) is 2.23. The number of carbonyl (C=O) groups is 1. The summed E-state index contributed by atoms with van der Waals surface area (Å²) in [4.78, 5) is 15.0. The molecule has 1 atom stereocenters. The molecule has 1 aromatic rings. The molecule has 0 aromatic carbocycles. The number of aryl methyl sites for hydroxylation is 1. The molecule has 18 heavy (non-hydrogen) atoms. The van der Waals surface area contributed by atoms with Gasteiger partial charge in [-0.2, -0.15) is 0 Å². The molecule has 8 heteroatoms. The highest BCUT2D eigenvalue weighted by molar-refractivity contribution is 7.94. The maximum atomic E-state index is 11.8. The number of halogens is 1. The van der Waals surface area contributed by atoms with Crippen molar-refractivity contribution < 1.29 is 17.9 Å². The molecule has 0 amide bonds. The van der Waals surface area contributed by atoms with Crippen molar-refractivity contribution in [3.63, 3.8) is 0 Å². The van der Waals surface area contributed by atoms with E-state index in [1.165, 1.54) is 19.2 Å². The van der Waals surface area contributed by atoms with Crippen LogP contribution in [0.25, 0.3) is 0 Å². The number of nitrogens with one attached hydrogen (secondary N) is 1. The first-order chi connectivity index (χ1) is 8.27. The minimum Gasteiger partial charge on any atom is -0.468 e. The molecule has 1 heterocycles. The smallest absolute Gasteiger partial charge is 0.325 e. The number of methoxy groups -OCH3 is 1. The van der Waals surface area contributed by atoms with E-state index in [9.17, 15) is 13.2 Å². The number of rotatable bonds is 4. The zero-order chi connectivity index (χ0) is 13.9. The molecule has 100 valence electrons. The summed E-state index contributed by atoms with van der Waals surface area (Å²) in [6, 6.07) is 1.52. The predicted molar refractivity (Wildman–Crippen MR) is 68.0 cm³/mol. The summed E-state index contributed by atoms with van der Waals surface area (Å²) < 4.78 is 30.3. The van der Waals surface area contributed by atoms with Crippen LogP contribution in [-0.2, 0) is 19.6 Å². The summed E-state index contributed by atoms with van der Waals surface area (Å²) in [5.41, 5.74) is 0.871. The zero-order valence-corrected chi connectivity index (χ0v) is 11.7. The lowest BCUT2D eigenvalue weighted by molar-refractivity contribution is -0.139. The van der Waals surface area contributed by atoms with E-state index in [1.807, 2.05) is 0 Å². The minimum absolute atomic E-state index is 0.243. The van der Waals surface area contributed by atoms with Crippen LogP contribution in [0.2, 0.25) is 5.15 Å². The predicted octanol–water partition coefficient (Wildman–Crippen LogP) is 1.35. The Labute approximate surface area is 110 Å². The van der Waals surface area contributed by atoms with Crippen LogP contribution in [-0.4, -0.2) is 31.7 Å². The largest absolute Gasteiger partial charge is 0.468 e. The van der Waals surface area contributed by atoms with Crippen LogP contribution in [0.15, 0.2) is 12.3 Å². The van der Waals surface area contributed by atoms with Crippen molar-refractivity contribution in [1.82, 2.24) is 4.98 Å². The molecule has 1 unspecified atom stereocenters. The number of nitrogens with zero attached hydrogens (tertiary/aromatic N) is 1. The average molecular weight is 293 g/mol. The van der Waals surface area contributed by atoms with Crippen molar-refractivity contribution in [1.29, 1.82) is 0 Å². The topological polar surface area (TPSA) is 85.4 Å². The van der Waals surface area contributed by atoms with Gasteiger partial charge in [-0.25, -0.2) is 13.4 Å². The number of esters is 1. The molecule has 0 saturated heterocycles. The molecule has 0 saturated carbocycles. The first-order valence-corrected chi connectivity index (χ1v) is 6.92. The van der Waals surface area contributed by atoms with Gasteiger partial charge >= 0.3 is 5.97 Å². The fraction of sp³-hybridized carbons (Fsp3) is 0.400. The van der Waals surface area contributed by atoms with E-state index in [0.29, 0.717) is 10.7 Å². The number of pyridine rings is 1. The normalized spacial score (nSPS) is 12.9. The highest BCUT2D eigenvalue weighted by atomic mass is 35.5. The van der Waals surface area contributed by atoms with Gasteiger partial charge in [0.05, 0.1) is 19.0 Å². The van der Waals surface area contributed by atoms with E-state index in [1.54, 1.807) is 6.92 Å². The average Bonchev–Trinajstić information content (AvgIpc) is 2.31. The first kappa shape index (κ1) is 14.7. The minimum atomic E-state index is -3.86. The standard InChI is InChI=1S/C10H13ClN2O4S/c1-6-4-8(5-12-9(6)11)13-18(15,16)7(2)10(14)17-3/h4-5,7,13H,1-3H3. The lowest BCUT2D eigenvalue weighted by atomic mass is 10.3. The van der Waals surface area contributed by atoms with Crippen molar-refractivity contribution in [2.75, 3.05) is 11.8 Å². The van der Waals surface area contributed by atoms with Gasteiger partial charge in [0.15, 0.2) is 5.25 Å². The van der Waals surface area contributed by atoms with Gasteiger partial charge in [-0.15, -0.1) is 0 Å². The molecule has 0 aliphatic rings. The van der Waals surface area contributed by atoms with E-state index in [0.717, 1.165) is 7.11 Å². The van der Waals surface area contributed by atoms with E-state index in [-0.39, 0.29) is 5.69 Å². The lowest BCUT2D eigenvalue weighted by Crippen LogP contribution is -2.33. The third kappa shape index (κ3) is 3.33. The van der Waals surface area contributed by atoms with Gasteiger partial charge < -0.3 is 4.74 Å². The molecular weight excluding hydrogens is 280 g/mol. The van der Waals surface area contributed by atoms with Gasteiger partial charge in [-0.1, -0.05) is 11.6 Å². The summed E-state index contributed by atoms with van der Waals surface area (Å²) in [5.74, 6) is -0.832. The quantitative estimate of drug-likeness (QED) is 0.669. The SMILES string of the molecule is COC(=O)C(C)S(=O)(=O)Nc1cnc(Cl)c(C)c1. The Morgan fingerprint density at radius 1 is 1.56 bits per heavy atom. The molecule has 0 radical (unpaired) electrons. The van der Waals surface area contributed by atoms with Crippen LogP contribution in [0.1, 0.15) is 12.5 Å². The number of anilines is 1. The summed E-state index contributed by atoms with van der Waals surface area (Å²) in [5, 5.41) is -1.02. The Morgan fingerprint density at radius 2 is 2.17 bits per heavy atom. The number of hydrogen-bond acceptors (Lipinski definition) is 5. The molecule has 1 aromatic heterocycles. The number of hydrogen-bond donors (Lipinski definition) is 1. The molecule has 0 aliphatic heterocycles. The Bertz CT molecular complexity index is 559. The maximum absolute atomic E-state index is 11.8. The van der Waals surface area contributed by atoms with Gasteiger partial charge in [0, 0.05) is 0 Å². The number of aromatic nitrogens is 1. The second-order valence-electron chi connectivity index (χ2n) is 3.64.